The van der Waals surface area contributed by atoms with E-state index in [0.29, 0.717) is 11.3 Å². The van der Waals surface area contributed by atoms with E-state index >= 15 is 0 Å². The summed E-state index contributed by atoms with van der Waals surface area (Å²) in [5.74, 6) is -1.65. The minimum Gasteiger partial charge on any atom is -0.478 e. The first-order chi connectivity index (χ1) is 23.4. The van der Waals surface area contributed by atoms with Crippen molar-refractivity contribution in [3.8, 4) is 0 Å². The molecule has 11 heteroatoms. The van der Waals surface area contributed by atoms with Crippen LogP contribution in [0.4, 0.5) is 16.2 Å². The molecule has 240 valence electrons. The quantitative estimate of drug-likeness (QED) is 0.104. The van der Waals surface area contributed by atoms with Crippen LogP contribution in [0.25, 0.3) is 5.65 Å². The molecule has 3 aromatic heterocycles. The van der Waals surface area contributed by atoms with Crippen molar-refractivity contribution in [2.24, 2.45) is 0 Å². The highest BCUT2D eigenvalue weighted by Crippen LogP contribution is 2.37. The number of carbonyl (C=O) groups excluding carboxylic acids is 2. The van der Waals surface area contributed by atoms with E-state index in [4.69, 9.17) is 4.74 Å². The Bertz CT molecular complexity index is 1950. The van der Waals surface area contributed by atoms with Crippen LogP contribution in [0, 0.1) is 0 Å². The van der Waals surface area contributed by atoms with Gasteiger partial charge >= 0.3 is 18.0 Å². The van der Waals surface area contributed by atoms with Crippen LogP contribution in [-0.2, 0) is 21.5 Å². The zero-order chi connectivity index (χ0) is 33.5. The van der Waals surface area contributed by atoms with Crippen LogP contribution < -0.4 is 16.0 Å². The van der Waals surface area contributed by atoms with Gasteiger partial charge in [-0.1, -0.05) is 91.0 Å². The summed E-state index contributed by atoms with van der Waals surface area (Å²) in [6.07, 6.45) is 6.13. The van der Waals surface area contributed by atoms with Crippen LogP contribution in [0.2, 0.25) is 0 Å². The molecule has 0 bridgehead atoms. The molecule has 0 spiro atoms. The molecule has 2 amide bonds. The first-order valence-corrected chi connectivity index (χ1v) is 15.1. The molecule has 0 saturated carbocycles. The van der Waals surface area contributed by atoms with E-state index in [9.17, 15) is 19.5 Å². The number of carbonyl (C=O) groups is 3. The molecule has 0 aliphatic rings. The summed E-state index contributed by atoms with van der Waals surface area (Å²) in [6.45, 7) is 0. The number of anilines is 2. The molecule has 6 rings (SSSR count). The second-order valence-electron chi connectivity index (χ2n) is 10.9. The molecule has 0 saturated heterocycles. The minimum atomic E-state index is -1.20. The molecule has 3 aromatic carbocycles. The first-order valence-electron chi connectivity index (χ1n) is 15.1. The van der Waals surface area contributed by atoms with E-state index in [1.165, 1.54) is 25.6 Å². The maximum absolute atomic E-state index is 13.6. The van der Waals surface area contributed by atoms with Crippen molar-refractivity contribution in [1.82, 2.24) is 19.7 Å². The van der Waals surface area contributed by atoms with Gasteiger partial charge in [0.2, 0.25) is 0 Å². The number of methoxy groups -OCH3 is 1. The third kappa shape index (κ3) is 6.35. The van der Waals surface area contributed by atoms with Crippen molar-refractivity contribution >= 4 is 35.0 Å². The van der Waals surface area contributed by atoms with Gasteiger partial charge in [0.05, 0.1) is 35.8 Å². The van der Waals surface area contributed by atoms with Crippen molar-refractivity contribution in [3.63, 3.8) is 0 Å². The Labute approximate surface area is 276 Å². The second kappa shape index (κ2) is 14.0. The number of fused-ring (bicyclic) bond motifs is 1. The van der Waals surface area contributed by atoms with Crippen LogP contribution in [0.1, 0.15) is 32.7 Å². The Morgan fingerprint density at radius 3 is 1.94 bits per heavy atom. The molecular weight excluding hydrogens is 608 g/mol. The fraction of sp³-hybridized carbons (Fsp3) is 0.108. The Balaban J connectivity index is 1.36. The third-order valence-electron chi connectivity index (χ3n) is 8.09. The lowest BCUT2D eigenvalue weighted by Gasteiger charge is -2.39. The number of hydrogen-bond acceptors (Lipinski definition) is 7. The van der Waals surface area contributed by atoms with Gasteiger partial charge in [-0.2, -0.15) is 0 Å². The number of pyridine rings is 2. The highest BCUT2D eigenvalue weighted by Gasteiger charge is 2.40. The fourth-order valence-corrected chi connectivity index (χ4v) is 5.91. The summed E-state index contributed by atoms with van der Waals surface area (Å²) in [4.78, 5) is 46.5. The molecule has 6 aromatic rings. The van der Waals surface area contributed by atoms with Gasteiger partial charge in [0.1, 0.15) is 6.04 Å². The Kier molecular flexibility index (Phi) is 9.21. The van der Waals surface area contributed by atoms with Gasteiger partial charge in [0.25, 0.3) is 0 Å². The summed E-state index contributed by atoms with van der Waals surface area (Å²) in [7, 11) is 1.36. The molecule has 0 aliphatic heterocycles. The summed E-state index contributed by atoms with van der Waals surface area (Å²) >= 11 is 0. The lowest BCUT2D eigenvalue weighted by molar-refractivity contribution is -0.143. The smallest absolute Gasteiger partial charge is 0.337 e. The van der Waals surface area contributed by atoms with Crippen LogP contribution in [0.5, 0.6) is 0 Å². The number of rotatable bonds is 11. The number of esters is 1. The molecule has 11 nitrogen and oxygen atoms in total. The van der Waals surface area contributed by atoms with E-state index in [2.05, 4.69) is 25.9 Å². The molecular formula is C37H32N6O5. The molecule has 0 aliphatic carbocycles. The van der Waals surface area contributed by atoms with Crippen molar-refractivity contribution < 1.29 is 24.2 Å². The zero-order valence-electron chi connectivity index (χ0n) is 25.9. The Hall–Kier alpha value is -6.33. The zero-order valence-corrected chi connectivity index (χ0v) is 25.9. The number of urea groups is 1. The lowest BCUT2D eigenvalue weighted by Crippen LogP contribution is -2.53. The number of benzene rings is 3. The van der Waals surface area contributed by atoms with E-state index in [1.54, 1.807) is 28.9 Å². The maximum Gasteiger partial charge on any atom is 0.337 e. The summed E-state index contributed by atoms with van der Waals surface area (Å²) in [5, 5.41) is 18.5. The molecule has 0 radical (unpaired) electrons. The number of hydrogen-bond donors (Lipinski definition) is 4. The number of aromatic carboxylic acids is 1. The summed E-state index contributed by atoms with van der Waals surface area (Å²) < 4.78 is 7.14. The fourth-order valence-electron chi connectivity index (χ4n) is 5.91. The first kappa shape index (κ1) is 31.6. The molecule has 0 fully saturated rings. The van der Waals surface area contributed by atoms with Crippen molar-refractivity contribution in [2.75, 3.05) is 17.7 Å². The van der Waals surface area contributed by atoms with Crippen LogP contribution in [0.3, 0.4) is 0 Å². The van der Waals surface area contributed by atoms with E-state index in [1.807, 2.05) is 91.0 Å². The monoisotopic (exact) mass is 640 g/mol. The average Bonchev–Trinajstić information content (AvgIpc) is 3.63. The normalized spacial score (nSPS) is 11.9. The largest absolute Gasteiger partial charge is 0.478 e. The number of imidazole rings is 1. The van der Waals surface area contributed by atoms with Crippen molar-refractivity contribution in [3.05, 3.63) is 162 Å². The number of carboxylic acid groups (broad SMARTS) is 1. The van der Waals surface area contributed by atoms with Gasteiger partial charge in [0.15, 0.2) is 5.65 Å². The van der Waals surface area contributed by atoms with Gasteiger partial charge in [-0.15, -0.1) is 0 Å². The predicted molar refractivity (Wildman–Crippen MR) is 181 cm³/mol. The molecule has 48 heavy (non-hydrogen) atoms. The second-order valence-corrected chi connectivity index (χ2v) is 10.9. The van der Waals surface area contributed by atoms with Gasteiger partial charge in [-0.25, -0.2) is 14.6 Å². The van der Waals surface area contributed by atoms with Crippen LogP contribution >= 0.6 is 0 Å². The predicted octanol–water partition coefficient (Wildman–Crippen LogP) is 5.74. The number of carboxylic acids is 1. The highest BCUT2D eigenvalue weighted by atomic mass is 16.5. The molecule has 4 N–H and O–H groups in total. The molecule has 1 unspecified atom stereocenters. The van der Waals surface area contributed by atoms with Gasteiger partial charge in [-0.05, 0) is 34.9 Å². The minimum absolute atomic E-state index is 0.0456. The number of nitrogens with one attached hydrogen (secondary N) is 3. The van der Waals surface area contributed by atoms with Crippen LogP contribution in [-0.4, -0.2) is 50.6 Å². The summed E-state index contributed by atoms with van der Waals surface area (Å²) in [6, 6.07) is 33.2. The number of nitrogens with zero attached hydrogens (tertiary/aromatic N) is 3. The van der Waals surface area contributed by atoms with Crippen molar-refractivity contribution in [1.29, 1.82) is 0 Å². The number of aromatic nitrogens is 3. The van der Waals surface area contributed by atoms with E-state index in [0.717, 1.165) is 22.4 Å². The highest BCUT2D eigenvalue weighted by molar-refractivity contribution is 6.05. The summed E-state index contributed by atoms with van der Waals surface area (Å²) in [5.41, 5.74) is 3.35. The SMILES string of the molecule is COC(=O)C(Cc1ccc(NC(=O)Nc2cnccc2C(=O)O)c2nccn12)NC(c1ccccc1)(c1ccccc1)c1ccccc1. The van der Waals surface area contributed by atoms with E-state index in [-0.39, 0.29) is 17.7 Å². The third-order valence-corrected chi connectivity index (χ3v) is 8.09. The van der Waals surface area contributed by atoms with Crippen molar-refractivity contribution in [2.45, 2.75) is 18.0 Å². The topological polar surface area (TPSA) is 147 Å². The van der Waals surface area contributed by atoms with E-state index < -0.39 is 29.6 Å². The lowest BCUT2D eigenvalue weighted by atomic mass is 9.76. The maximum atomic E-state index is 13.6. The number of ether oxygens (including phenoxy) is 1. The standard InChI is InChI=1S/C37H32N6O5/c1-48-35(46)31(42-37(25-11-5-2-6-12-25,26-13-7-3-8-14-26)27-15-9-4-10-16-27)23-28-17-18-30(33-39-21-22-43(28)33)40-36(47)41-32-24-38-20-19-29(32)34(44)45/h2-22,24,31,42H,23H2,1H3,(H,44,45)(H2,40,41,47). The molecule has 1 atom stereocenters. The molecule has 3 heterocycles. The van der Waals surface area contributed by atoms with Crippen LogP contribution in [0.15, 0.2) is 134 Å². The Morgan fingerprint density at radius 1 is 0.792 bits per heavy atom. The number of amides is 2. The Morgan fingerprint density at radius 2 is 1.38 bits per heavy atom. The van der Waals surface area contributed by atoms with Gasteiger partial charge in [0, 0.05) is 30.7 Å². The van der Waals surface area contributed by atoms with Gasteiger partial charge in [-0.3, -0.25) is 15.1 Å². The van der Waals surface area contributed by atoms with Gasteiger partial charge < -0.3 is 24.9 Å². The average molecular weight is 641 g/mol.